The van der Waals surface area contributed by atoms with Crippen molar-refractivity contribution >= 4 is 33.3 Å². The first-order valence-corrected chi connectivity index (χ1v) is 10.9. The maximum Gasteiger partial charge on any atom is 0.528 e. The van der Waals surface area contributed by atoms with Crippen LogP contribution in [-0.2, 0) is 16.6 Å². The molecule has 0 amide bonds. The molecule has 9 nitrogen and oxygen atoms in total. The van der Waals surface area contributed by atoms with Crippen LogP contribution in [0.5, 0.6) is 0 Å². The fourth-order valence-electron chi connectivity index (χ4n) is 3.46. The Bertz CT molecular complexity index is 1140. The molecular formula is C21H25N5O4S. The molecule has 4 heterocycles. The summed E-state index contributed by atoms with van der Waals surface area (Å²) in [5.74, 6) is 0. The molecule has 3 aromatic heterocycles. The zero-order valence-electron chi connectivity index (χ0n) is 18.0. The van der Waals surface area contributed by atoms with Gasteiger partial charge in [0.25, 0.3) is 5.56 Å². The molecule has 3 aromatic rings. The van der Waals surface area contributed by atoms with E-state index in [-0.39, 0.29) is 5.56 Å². The predicted molar refractivity (Wildman–Crippen MR) is 119 cm³/mol. The van der Waals surface area contributed by atoms with E-state index >= 15 is 0 Å². The third-order valence-corrected chi connectivity index (χ3v) is 5.84. The van der Waals surface area contributed by atoms with Gasteiger partial charge in [0.15, 0.2) is 0 Å². The largest absolute Gasteiger partial charge is 0.528 e. The third kappa shape index (κ3) is 4.54. The van der Waals surface area contributed by atoms with Crippen LogP contribution in [0.15, 0.2) is 34.7 Å². The SMILES string of the molecule is Cn1nc(-c2ccncc2)c2scc(N3CCN(OC(=O)OC(C)(C)C)CC3)c2c1=O. The third-order valence-electron chi connectivity index (χ3n) is 4.87. The Morgan fingerprint density at radius 1 is 1.13 bits per heavy atom. The minimum Gasteiger partial charge on any atom is -0.427 e. The van der Waals surface area contributed by atoms with Gasteiger partial charge in [-0.2, -0.15) is 5.10 Å². The molecule has 0 saturated carbocycles. The number of piperazine rings is 1. The zero-order valence-corrected chi connectivity index (χ0v) is 18.8. The summed E-state index contributed by atoms with van der Waals surface area (Å²) in [5.41, 5.74) is 1.84. The van der Waals surface area contributed by atoms with E-state index in [9.17, 15) is 9.59 Å². The Kier molecular flexibility index (Phi) is 5.67. The van der Waals surface area contributed by atoms with E-state index in [1.807, 2.05) is 17.5 Å². The molecule has 1 saturated heterocycles. The molecule has 0 atom stereocenters. The first-order chi connectivity index (χ1) is 14.7. The Hall–Kier alpha value is -2.98. The van der Waals surface area contributed by atoms with Gasteiger partial charge in [-0.3, -0.25) is 9.78 Å². The lowest BCUT2D eigenvalue weighted by Gasteiger charge is -2.34. The average molecular weight is 444 g/mol. The van der Waals surface area contributed by atoms with Crippen molar-refractivity contribution in [3.8, 4) is 11.3 Å². The number of aryl methyl sites for hydroxylation is 1. The van der Waals surface area contributed by atoms with Crippen molar-refractivity contribution < 1.29 is 14.4 Å². The van der Waals surface area contributed by atoms with Gasteiger partial charge in [-0.1, -0.05) is 0 Å². The van der Waals surface area contributed by atoms with Crippen LogP contribution in [0.25, 0.3) is 21.3 Å². The van der Waals surface area contributed by atoms with E-state index in [0.717, 1.165) is 21.6 Å². The van der Waals surface area contributed by atoms with Gasteiger partial charge in [0.1, 0.15) is 11.3 Å². The van der Waals surface area contributed by atoms with Crippen molar-refractivity contribution in [2.75, 3.05) is 31.1 Å². The van der Waals surface area contributed by atoms with Crippen LogP contribution in [0.4, 0.5) is 10.5 Å². The quantitative estimate of drug-likeness (QED) is 0.571. The highest BCUT2D eigenvalue weighted by molar-refractivity contribution is 7.18. The van der Waals surface area contributed by atoms with Gasteiger partial charge in [0.2, 0.25) is 0 Å². The van der Waals surface area contributed by atoms with Gasteiger partial charge in [-0.15, -0.1) is 16.4 Å². The minimum atomic E-state index is -0.705. The standard InChI is InChI=1S/C21H25N5O4S/c1-21(2,3)29-20(28)30-26-11-9-25(10-12-26)15-13-31-18-16(15)19(27)24(4)23-17(18)14-5-7-22-8-6-14/h5-8,13H,9-12H2,1-4H3. The number of pyridine rings is 1. The fourth-order valence-corrected chi connectivity index (χ4v) is 4.53. The van der Waals surface area contributed by atoms with Crippen LogP contribution < -0.4 is 10.5 Å². The highest BCUT2D eigenvalue weighted by atomic mass is 32.1. The molecule has 1 aliphatic rings. The summed E-state index contributed by atoms with van der Waals surface area (Å²) in [7, 11) is 1.67. The average Bonchev–Trinajstić information content (AvgIpc) is 3.16. The summed E-state index contributed by atoms with van der Waals surface area (Å²) in [6.07, 6.45) is 2.72. The summed E-state index contributed by atoms with van der Waals surface area (Å²) >= 11 is 1.51. The first-order valence-electron chi connectivity index (χ1n) is 10.0. The van der Waals surface area contributed by atoms with Gasteiger partial charge < -0.3 is 14.5 Å². The van der Waals surface area contributed by atoms with Crippen LogP contribution in [-0.4, -0.2) is 57.8 Å². The van der Waals surface area contributed by atoms with Crippen molar-refractivity contribution in [3.63, 3.8) is 0 Å². The summed E-state index contributed by atoms with van der Waals surface area (Å²) < 4.78 is 7.45. The fraction of sp³-hybridized carbons (Fsp3) is 0.429. The molecule has 0 aliphatic carbocycles. The number of hydroxylamine groups is 2. The van der Waals surface area contributed by atoms with E-state index in [4.69, 9.17) is 9.57 Å². The Balaban J connectivity index is 1.56. The van der Waals surface area contributed by atoms with Crippen molar-refractivity contribution in [1.82, 2.24) is 19.8 Å². The number of carbonyl (C=O) groups excluding carboxylic acids is 1. The molecule has 0 N–H and O–H groups in total. The lowest BCUT2D eigenvalue weighted by Crippen LogP contribution is -2.47. The number of anilines is 1. The Labute approximate surface area is 183 Å². The summed E-state index contributed by atoms with van der Waals surface area (Å²) in [5, 5.41) is 8.76. The van der Waals surface area contributed by atoms with Gasteiger partial charge in [-0.05, 0) is 32.9 Å². The highest BCUT2D eigenvalue weighted by Gasteiger charge is 2.26. The van der Waals surface area contributed by atoms with Crippen LogP contribution in [0.2, 0.25) is 0 Å². The Morgan fingerprint density at radius 3 is 2.45 bits per heavy atom. The summed E-state index contributed by atoms with van der Waals surface area (Å²) in [6, 6.07) is 3.77. The number of fused-ring (bicyclic) bond motifs is 1. The molecule has 0 bridgehead atoms. The second-order valence-corrected chi connectivity index (χ2v) is 9.19. The molecule has 10 heteroatoms. The van der Waals surface area contributed by atoms with E-state index in [1.54, 1.807) is 45.3 Å². The smallest absolute Gasteiger partial charge is 0.427 e. The maximum absolute atomic E-state index is 13.0. The molecule has 1 aliphatic heterocycles. The predicted octanol–water partition coefficient (Wildman–Crippen LogP) is 3.05. The molecule has 0 radical (unpaired) electrons. The molecule has 164 valence electrons. The number of hydrogen-bond donors (Lipinski definition) is 0. The van der Waals surface area contributed by atoms with Crippen LogP contribution in [0, 0.1) is 0 Å². The second-order valence-electron chi connectivity index (χ2n) is 8.31. The summed E-state index contributed by atoms with van der Waals surface area (Å²) in [4.78, 5) is 36.4. The number of carbonyl (C=O) groups is 1. The maximum atomic E-state index is 13.0. The molecular weight excluding hydrogens is 418 g/mol. The lowest BCUT2D eigenvalue weighted by molar-refractivity contribution is -0.144. The Morgan fingerprint density at radius 2 is 1.81 bits per heavy atom. The number of ether oxygens (including phenoxy) is 1. The lowest BCUT2D eigenvalue weighted by atomic mass is 10.1. The second kappa shape index (κ2) is 8.27. The van der Waals surface area contributed by atoms with E-state index < -0.39 is 11.8 Å². The zero-order chi connectivity index (χ0) is 22.2. The van der Waals surface area contributed by atoms with Crippen LogP contribution in [0.1, 0.15) is 20.8 Å². The van der Waals surface area contributed by atoms with Crippen LogP contribution in [0.3, 0.4) is 0 Å². The number of rotatable bonds is 3. The minimum absolute atomic E-state index is 0.128. The van der Waals surface area contributed by atoms with E-state index in [1.165, 1.54) is 16.0 Å². The topological polar surface area (TPSA) is 89.8 Å². The van der Waals surface area contributed by atoms with E-state index in [2.05, 4.69) is 15.0 Å². The van der Waals surface area contributed by atoms with Gasteiger partial charge >= 0.3 is 6.16 Å². The molecule has 0 unspecified atom stereocenters. The van der Waals surface area contributed by atoms with Crippen molar-refractivity contribution in [1.29, 1.82) is 0 Å². The number of nitrogens with zero attached hydrogens (tertiary/aromatic N) is 5. The van der Waals surface area contributed by atoms with E-state index in [0.29, 0.717) is 31.6 Å². The molecule has 0 aromatic carbocycles. The van der Waals surface area contributed by atoms with Crippen molar-refractivity contribution in [2.24, 2.45) is 7.05 Å². The first kappa shape index (κ1) is 21.3. The molecule has 0 spiro atoms. The molecule has 4 rings (SSSR count). The molecule has 1 fully saturated rings. The molecule has 31 heavy (non-hydrogen) atoms. The van der Waals surface area contributed by atoms with Crippen molar-refractivity contribution in [3.05, 3.63) is 40.3 Å². The van der Waals surface area contributed by atoms with Crippen molar-refractivity contribution in [2.45, 2.75) is 26.4 Å². The number of aromatic nitrogens is 3. The number of thiophene rings is 1. The van der Waals surface area contributed by atoms with Gasteiger partial charge in [-0.25, -0.2) is 9.48 Å². The highest BCUT2D eigenvalue weighted by Crippen LogP contribution is 2.36. The summed E-state index contributed by atoms with van der Waals surface area (Å²) in [6.45, 7) is 7.64. The van der Waals surface area contributed by atoms with Gasteiger partial charge in [0.05, 0.1) is 28.9 Å². The van der Waals surface area contributed by atoms with Crippen LogP contribution >= 0.6 is 11.3 Å². The van der Waals surface area contributed by atoms with Gasteiger partial charge in [0, 0.05) is 43.5 Å². The monoisotopic (exact) mass is 443 g/mol. The normalized spacial score (nSPS) is 15.3. The number of hydrogen-bond acceptors (Lipinski definition) is 9.